The van der Waals surface area contributed by atoms with Crippen molar-refractivity contribution >= 4 is 11.6 Å². The van der Waals surface area contributed by atoms with E-state index in [0.717, 1.165) is 37.4 Å². The van der Waals surface area contributed by atoms with Crippen molar-refractivity contribution in [2.24, 2.45) is 5.92 Å². The second-order valence-electron chi connectivity index (χ2n) is 4.64. The number of carbonyl (C=O) groups excluding carboxylic acids is 1. The van der Waals surface area contributed by atoms with Crippen molar-refractivity contribution in [2.75, 3.05) is 32.1 Å². The van der Waals surface area contributed by atoms with E-state index in [4.69, 9.17) is 4.74 Å². The molecule has 1 aliphatic heterocycles. The topological polar surface area (TPSA) is 41.6 Å². The van der Waals surface area contributed by atoms with Crippen LogP contribution in [0.25, 0.3) is 0 Å². The lowest BCUT2D eigenvalue weighted by Gasteiger charge is -2.27. The number of anilines is 1. The fourth-order valence-corrected chi connectivity index (χ4v) is 2.28. The van der Waals surface area contributed by atoms with Gasteiger partial charge in [-0.05, 0) is 31.5 Å². The zero-order valence-electron chi connectivity index (χ0n) is 11.0. The third-order valence-corrected chi connectivity index (χ3v) is 3.42. The van der Waals surface area contributed by atoms with Gasteiger partial charge in [0.1, 0.15) is 5.75 Å². The van der Waals surface area contributed by atoms with E-state index in [9.17, 15) is 4.79 Å². The number of hydrogen-bond donors (Lipinski definition) is 1. The molecule has 98 valence electrons. The first-order valence-corrected chi connectivity index (χ1v) is 6.34. The van der Waals surface area contributed by atoms with Crippen molar-refractivity contribution < 1.29 is 9.53 Å². The van der Waals surface area contributed by atoms with Gasteiger partial charge in [0.25, 0.3) is 0 Å². The van der Waals surface area contributed by atoms with Crippen LogP contribution < -0.4 is 15.0 Å². The maximum absolute atomic E-state index is 12.3. The van der Waals surface area contributed by atoms with Crippen LogP contribution in [0.15, 0.2) is 24.3 Å². The highest BCUT2D eigenvalue weighted by Crippen LogP contribution is 2.22. The summed E-state index contributed by atoms with van der Waals surface area (Å²) in [6.07, 6.45) is 2.04. The number of piperidine rings is 1. The molecule has 0 saturated carbocycles. The number of nitrogens with zero attached hydrogens (tertiary/aromatic N) is 1. The van der Waals surface area contributed by atoms with Gasteiger partial charge in [0.15, 0.2) is 0 Å². The lowest BCUT2D eigenvalue weighted by molar-refractivity contribution is -0.122. The maximum Gasteiger partial charge on any atom is 0.231 e. The predicted octanol–water partition coefficient (Wildman–Crippen LogP) is 1.66. The molecule has 1 atom stereocenters. The van der Waals surface area contributed by atoms with Gasteiger partial charge < -0.3 is 15.0 Å². The molecule has 1 aromatic rings. The Morgan fingerprint density at radius 2 is 2.33 bits per heavy atom. The molecule has 0 aromatic heterocycles. The Bertz CT molecular complexity index is 414. The summed E-state index contributed by atoms with van der Waals surface area (Å²) in [6, 6.07) is 7.59. The summed E-state index contributed by atoms with van der Waals surface area (Å²) in [5.41, 5.74) is 0.880. The molecule has 1 aliphatic rings. The Hall–Kier alpha value is -1.55. The molecule has 1 fully saturated rings. The van der Waals surface area contributed by atoms with Crippen molar-refractivity contribution in [1.29, 1.82) is 0 Å². The van der Waals surface area contributed by atoms with Crippen LogP contribution in [-0.4, -0.2) is 33.2 Å². The van der Waals surface area contributed by atoms with Crippen LogP contribution in [0.2, 0.25) is 0 Å². The minimum absolute atomic E-state index is 0.0925. The number of rotatable bonds is 3. The number of benzene rings is 1. The van der Waals surface area contributed by atoms with Crippen LogP contribution in [0.3, 0.4) is 0 Å². The zero-order valence-corrected chi connectivity index (χ0v) is 11.0. The first-order chi connectivity index (χ1) is 8.72. The second-order valence-corrected chi connectivity index (χ2v) is 4.64. The number of ether oxygens (including phenoxy) is 1. The summed E-state index contributed by atoms with van der Waals surface area (Å²) in [7, 11) is 3.46. The molecule has 1 N–H and O–H groups in total. The molecule has 4 heteroatoms. The van der Waals surface area contributed by atoms with E-state index < -0.39 is 0 Å². The van der Waals surface area contributed by atoms with Crippen LogP contribution in [0.5, 0.6) is 5.75 Å². The number of carbonyl (C=O) groups is 1. The van der Waals surface area contributed by atoms with Gasteiger partial charge in [-0.2, -0.15) is 0 Å². The Kier molecular flexibility index (Phi) is 4.20. The van der Waals surface area contributed by atoms with E-state index in [-0.39, 0.29) is 11.8 Å². The molecule has 1 heterocycles. The van der Waals surface area contributed by atoms with E-state index in [2.05, 4.69) is 5.32 Å². The maximum atomic E-state index is 12.3. The zero-order chi connectivity index (χ0) is 13.0. The molecule has 4 nitrogen and oxygen atoms in total. The minimum atomic E-state index is 0.0925. The smallest absolute Gasteiger partial charge is 0.231 e. The van der Waals surface area contributed by atoms with Crippen LogP contribution in [0.4, 0.5) is 5.69 Å². The molecule has 0 radical (unpaired) electrons. The average molecular weight is 248 g/mol. The molecule has 0 unspecified atom stereocenters. The summed E-state index contributed by atoms with van der Waals surface area (Å²) in [6.45, 7) is 1.81. The number of nitrogens with one attached hydrogen (secondary N) is 1. The van der Waals surface area contributed by atoms with Gasteiger partial charge >= 0.3 is 0 Å². The number of methoxy groups -OCH3 is 1. The van der Waals surface area contributed by atoms with Gasteiger partial charge in [0.05, 0.1) is 13.0 Å². The highest BCUT2D eigenvalue weighted by Gasteiger charge is 2.24. The molecule has 0 aliphatic carbocycles. The average Bonchev–Trinajstić information content (AvgIpc) is 2.46. The van der Waals surface area contributed by atoms with Crippen molar-refractivity contribution in [3.05, 3.63) is 24.3 Å². The van der Waals surface area contributed by atoms with Crippen LogP contribution in [-0.2, 0) is 4.79 Å². The molecule has 18 heavy (non-hydrogen) atoms. The fourth-order valence-electron chi connectivity index (χ4n) is 2.28. The lowest BCUT2D eigenvalue weighted by Crippen LogP contribution is -2.41. The van der Waals surface area contributed by atoms with E-state index in [1.165, 1.54) is 0 Å². The molecule has 1 aromatic carbocycles. The predicted molar refractivity (Wildman–Crippen MR) is 72.0 cm³/mol. The van der Waals surface area contributed by atoms with Crippen LogP contribution in [0, 0.1) is 5.92 Å². The van der Waals surface area contributed by atoms with Crippen LogP contribution in [0.1, 0.15) is 12.8 Å². The van der Waals surface area contributed by atoms with Gasteiger partial charge in [0, 0.05) is 25.3 Å². The minimum Gasteiger partial charge on any atom is -0.497 e. The van der Waals surface area contributed by atoms with Crippen molar-refractivity contribution in [3.8, 4) is 5.75 Å². The van der Waals surface area contributed by atoms with Gasteiger partial charge in [-0.3, -0.25) is 4.79 Å². The first kappa shape index (κ1) is 12.9. The molecule has 2 rings (SSSR count). The number of hydrogen-bond acceptors (Lipinski definition) is 3. The molecular weight excluding hydrogens is 228 g/mol. The summed E-state index contributed by atoms with van der Waals surface area (Å²) in [5.74, 6) is 1.04. The second kappa shape index (κ2) is 5.87. The SMILES string of the molecule is COc1cccc(N(C)C(=O)[C@H]2CCCNC2)c1. The molecule has 0 spiro atoms. The van der Waals surface area contributed by atoms with Crippen molar-refractivity contribution in [3.63, 3.8) is 0 Å². The summed E-state index contributed by atoms with van der Waals surface area (Å²) in [4.78, 5) is 14.1. The fraction of sp³-hybridized carbons (Fsp3) is 0.500. The first-order valence-electron chi connectivity index (χ1n) is 6.34. The van der Waals surface area contributed by atoms with E-state index in [1.54, 1.807) is 12.0 Å². The molecule has 0 bridgehead atoms. The Morgan fingerprint density at radius 3 is 3.00 bits per heavy atom. The van der Waals surface area contributed by atoms with Gasteiger partial charge in [0.2, 0.25) is 5.91 Å². The lowest BCUT2D eigenvalue weighted by atomic mass is 9.98. The Balaban J connectivity index is 2.09. The van der Waals surface area contributed by atoms with Gasteiger partial charge in [-0.1, -0.05) is 6.07 Å². The van der Waals surface area contributed by atoms with E-state index in [1.807, 2.05) is 31.3 Å². The third kappa shape index (κ3) is 2.82. The normalized spacial score (nSPS) is 19.3. The Labute approximate surface area is 108 Å². The highest BCUT2D eigenvalue weighted by molar-refractivity contribution is 5.94. The quantitative estimate of drug-likeness (QED) is 0.884. The molecule has 1 saturated heterocycles. The third-order valence-electron chi connectivity index (χ3n) is 3.42. The number of amides is 1. The van der Waals surface area contributed by atoms with E-state index in [0.29, 0.717) is 0 Å². The molecular formula is C14H20N2O2. The van der Waals surface area contributed by atoms with Crippen molar-refractivity contribution in [1.82, 2.24) is 5.32 Å². The summed E-state index contributed by atoms with van der Waals surface area (Å²) < 4.78 is 5.18. The van der Waals surface area contributed by atoms with Gasteiger partial charge in [-0.25, -0.2) is 0 Å². The summed E-state index contributed by atoms with van der Waals surface area (Å²) >= 11 is 0. The Morgan fingerprint density at radius 1 is 1.50 bits per heavy atom. The largest absolute Gasteiger partial charge is 0.497 e. The van der Waals surface area contributed by atoms with Crippen molar-refractivity contribution in [2.45, 2.75) is 12.8 Å². The monoisotopic (exact) mass is 248 g/mol. The highest BCUT2D eigenvalue weighted by atomic mass is 16.5. The summed E-state index contributed by atoms with van der Waals surface area (Å²) in [5, 5.41) is 3.27. The molecule has 1 amide bonds. The van der Waals surface area contributed by atoms with Gasteiger partial charge in [-0.15, -0.1) is 0 Å². The van der Waals surface area contributed by atoms with E-state index >= 15 is 0 Å². The standard InChI is InChI=1S/C14H20N2O2/c1-16(12-6-3-7-13(9-12)18-2)14(17)11-5-4-8-15-10-11/h3,6-7,9,11,15H,4-5,8,10H2,1-2H3/t11-/m0/s1. The van der Waals surface area contributed by atoms with Crippen LogP contribution >= 0.6 is 0 Å².